The normalized spacial score (nSPS) is 12.6. The summed E-state index contributed by atoms with van der Waals surface area (Å²) in [6, 6.07) is 9.54. The smallest absolute Gasteiger partial charge is 0.253 e. The summed E-state index contributed by atoms with van der Waals surface area (Å²) in [7, 11) is 0. The molecule has 7 nitrogen and oxygen atoms in total. The maximum Gasteiger partial charge on any atom is 0.253 e. The molecule has 0 bridgehead atoms. The monoisotopic (exact) mass is 395 g/mol. The van der Waals surface area contributed by atoms with E-state index in [1.54, 1.807) is 4.52 Å². The molecule has 0 saturated heterocycles. The van der Waals surface area contributed by atoms with Crippen LogP contribution in [0.1, 0.15) is 35.7 Å². The topological polar surface area (TPSA) is 85.3 Å². The maximum atomic E-state index is 12.7. The van der Waals surface area contributed by atoms with Crippen LogP contribution >= 0.6 is 11.8 Å². The highest BCUT2D eigenvalue weighted by molar-refractivity contribution is 7.98. The molecule has 3 heterocycles. The van der Waals surface area contributed by atoms with Crippen molar-refractivity contribution in [3.05, 3.63) is 53.0 Å². The standard InChI is InChI=1S/C20H21N5O2S/c1-11-15(13(3)25-19(22-11)23-20(24-25)28-4)10-18(26)21-12(2)17-9-14-7-5-6-8-16(14)27-17/h5-9,12H,10H2,1-4H3,(H,21,26). The van der Waals surface area contributed by atoms with Gasteiger partial charge in [0, 0.05) is 22.3 Å². The Bertz CT molecular complexity index is 1150. The third-order valence-electron chi connectivity index (χ3n) is 4.80. The van der Waals surface area contributed by atoms with Gasteiger partial charge in [0.1, 0.15) is 11.3 Å². The van der Waals surface area contributed by atoms with Gasteiger partial charge in [-0.2, -0.15) is 4.98 Å². The summed E-state index contributed by atoms with van der Waals surface area (Å²) in [5.41, 5.74) is 3.34. The van der Waals surface area contributed by atoms with Crippen LogP contribution in [0, 0.1) is 13.8 Å². The first-order valence-electron chi connectivity index (χ1n) is 9.01. The van der Waals surface area contributed by atoms with E-state index in [4.69, 9.17) is 4.42 Å². The summed E-state index contributed by atoms with van der Waals surface area (Å²) in [6.07, 6.45) is 2.14. The molecule has 1 atom stereocenters. The minimum absolute atomic E-state index is 0.0921. The third-order valence-corrected chi connectivity index (χ3v) is 5.34. The molecule has 1 aromatic carbocycles. The first-order chi connectivity index (χ1) is 13.5. The number of aryl methyl sites for hydroxylation is 2. The summed E-state index contributed by atoms with van der Waals surface area (Å²) in [4.78, 5) is 21.6. The van der Waals surface area contributed by atoms with E-state index in [1.165, 1.54) is 11.8 Å². The number of hydrogen-bond donors (Lipinski definition) is 1. The van der Waals surface area contributed by atoms with Crippen LogP contribution in [0.4, 0.5) is 0 Å². The second kappa shape index (κ2) is 7.27. The van der Waals surface area contributed by atoms with Gasteiger partial charge in [-0.25, -0.2) is 9.50 Å². The van der Waals surface area contributed by atoms with Gasteiger partial charge in [-0.05, 0) is 39.2 Å². The molecule has 0 fully saturated rings. The van der Waals surface area contributed by atoms with Crippen molar-refractivity contribution in [1.29, 1.82) is 0 Å². The molecule has 4 aromatic rings. The Balaban J connectivity index is 1.54. The Morgan fingerprint density at radius 2 is 2.07 bits per heavy atom. The van der Waals surface area contributed by atoms with Gasteiger partial charge < -0.3 is 9.73 Å². The van der Waals surface area contributed by atoms with E-state index in [1.807, 2.05) is 57.4 Å². The van der Waals surface area contributed by atoms with E-state index in [2.05, 4.69) is 20.4 Å². The van der Waals surface area contributed by atoms with Crippen molar-refractivity contribution in [2.75, 3.05) is 6.26 Å². The minimum atomic E-state index is -0.230. The number of amides is 1. The molecule has 28 heavy (non-hydrogen) atoms. The highest BCUT2D eigenvalue weighted by Crippen LogP contribution is 2.24. The second-order valence-corrected chi connectivity index (χ2v) is 7.50. The predicted octanol–water partition coefficient (Wildman–Crippen LogP) is 3.63. The molecule has 144 valence electrons. The first-order valence-corrected chi connectivity index (χ1v) is 10.2. The fourth-order valence-corrected chi connectivity index (χ4v) is 3.61. The quantitative estimate of drug-likeness (QED) is 0.520. The first kappa shape index (κ1) is 18.5. The lowest BCUT2D eigenvalue weighted by Gasteiger charge is -2.14. The number of nitrogens with one attached hydrogen (secondary N) is 1. The van der Waals surface area contributed by atoms with Gasteiger partial charge in [0.2, 0.25) is 11.1 Å². The lowest BCUT2D eigenvalue weighted by atomic mass is 10.1. The molecule has 0 aliphatic rings. The maximum absolute atomic E-state index is 12.7. The van der Waals surface area contributed by atoms with Crippen LogP contribution in [-0.2, 0) is 11.2 Å². The summed E-state index contributed by atoms with van der Waals surface area (Å²) in [5.74, 6) is 1.20. The average Bonchev–Trinajstić information content (AvgIpc) is 3.29. The predicted molar refractivity (Wildman–Crippen MR) is 109 cm³/mol. The molecule has 0 aliphatic heterocycles. The van der Waals surface area contributed by atoms with Gasteiger partial charge >= 0.3 is 0 Å². The molecule has 0 saturated carbocycles. The molecule has 8 heteroatoms. The largest absolute Gasteiger partial charge is 0.459 e. The fourth-order valence-electron chi connectivity index (χ4n) is 3.27. The number of furan rings is 1. The molecule has 1 unspecified atom stereocenters. The van der Waals surface area contributed by atoms with E-state index in [-0.39, 0.29) is 18.4 Å². The molecule has 0 spiro atoms. The van der Waals surface area contributed by atoms with Crippen LogP contribution in [-0.4, -0.2) is 31.7 Å². The van der Waals surface area contributed by atoms with Crippen LogP contribution in [0.15, 0.2) is 39.9 Å². The molecule has 0 radical (unpaired) electrons. The fraction of sp³-hybridized carbons (Fsp3) is 0.300. The Morgan fingerprint density at radius 1 is 1.29 bits per heavy atom. The number of hydrogen-bond acceptors (Lipinski definition) is 6. The van der Waals surface area contributed by atoms with E-state index in [9.17, 15) is 4.79 Å². The van der Waals surface area contributed by atoms with E-state index in [0.717, 1.165) is 33.7 Å². The van der Waals surface area contributed by atoms with Gasteiger partial charge in [0.05, 0.1) is 12.5 Å². The number of fused-ring (bicyclic) bond motifs is 2. The number of carbonyl (C=O) groups is 1. The molecule has 3 aromatic heterocycles. The van der Waals surface area contributed by atoms with Crippen molar-refractivity contribution in [1.82, 2.24) is 24.9 Å². The Morgan fingerprint density at radius 3 is 2.82 bits per heavy atom. The second-order valence-electron chi connectivity index (χ2n) is 6.72. The van der Waals surface area contributed by atoms with E-state index < -0.39 is 0 Å². The van der Waals surface area contributed by atoms with Crippen LogP contribution in [0.5, 0.6) is 0 Å². The van der Waals surface area contributed by atoms with Crippen LogP contribution < -0.4 is 5.32 Å². The number of thioether (sulfide) groups is 1. The van der Waals surface area contributed by atoms with Crippen LogP contribution in [0.3, 0.4) is 0 Å². The van der Waals surface area contributed by atoms with Gasteiger partial charge in [-0.15, -0.1) is 5.10 Å². The SMILES string of the molecule is CSc1nc2nc(C)c(CC(=O)NC(C)c3cc4ccccc4o3)c(C)n2n1. The van der Waals surface area contributed by atoms with Crippen molar-refractivity contribution in [3.63, 3.8) is 0 Å². The zero-order chi connectivity index (χ0) is 19.8. The van der Waals surface area contributed by atoms with Gasteiger partial charge in [0.25, 0.3) is 5.78 Å². The summed E-state index contributed by atoms with van der Waals surface area (Å²) in [6.45, 7) is 5.75. The third kappa shape index (κ3) is 3.35. The molecule has 0 aliphatic carbocycles. The number of aromatic nitrogens is 4. The van der Waals surface area contributed by atoms with Crippen molar-refractivity contribution in [2.24, 2.45) is 0 Å². The summed E-state index contributed by atoms with van der Waals surface area (Å²) in [5, 5.41) is 9.13. The van der Waals surface area contributed by atoms with Gasteiger partial charge in [0.15, 0.2) is 0 Å². The molecule has 1 N–H and O–H groups in total. The summed E-state index contributed by atoms with van der Waals surface area (Å²) < 4.78 is 7.55. The summed E-state index contributed by atoms with van der Waals surface area (Å²) >= 11 is 1.46. The van der Waals surface area contributed by atoms with Gasteiger partial charge in [-0.3, -0.25) is 4.79 Å². The average molecular weight is 395 g/mol. The van der Waals surface area contributed by atoms with Crippen molar-refractivity contribution >= 4 is 34.4 Å². The minimum Gasteiger partial charge on any atom is -0.459 e. The molecular weight excluding hydrogens is 374 g/mol. The van der Waals surface area contributed by atoms with Crippen molar-refractivity contribution in [3.8, 4) is 0 Å². The van der Waals surface area contributed by atoms with Crippen LogP contribution in [0.25, 0.3) is 16.7 Å². The molecular formula is C20H21N5O2S. The highest BCUT2D eigenvalue weighted by atomic mass is 32.2. The molecule has 4 rings (SSSR count). The number of benzene rings is 1. The van der Waals surface area contributed by atoms with Crippen molar-refractivity contribution in [2.45, 2.75) is 38.4 Å². The Hall–Kier alpha value is -2.87. The lowest BCUT2D eigenvalue weighted by molar-refractivity contribution is -0.121. The number of para-hydroxylation sites is 1. The highest BCUT2D eigenvalue weighted by Gasteiger charge is 2.18. The van der Waals surface area contributed by atoms with E-state index in [0.29, 0.717) is 10.9 Å². The number of carbonyl (C=O) groups excluding carboxylic acids is 1. The van der Waals surface area contributed by atoms with Gasteiger partial charge in [-0.1, -0.05) is 30.0 Å². The van der Waals surface area contributed by atoms with E-state index >= 15 is 0 Å². The zero-order valence-corrected chi connectivity index (χ0v) is 17.0. The zero-order valence-electron chi connectivity index (χ0n) is 16.2. The number of nitrogens with zero attached hydrogens (tertiary/aromatic N) is 4. The Kier molecular flexibility index (Phi) is 4.80. The number of rotatable bonds is 5. The Labute approximate surface area is 166 Å². The molecule has 1 amide bonds. The lowest BCUT2D eigenvalue weighted by Crippen LogP contribution is -2.28. The van der Waals surface area contributed by atoms with Crippen molar-refractivity contribution < 1.29 is 9.21 Å². The van der Waals surface area contributed by atoms with Crippen LogP contribution in [0.2, 0.25) is 0 Å².